The molecule has 0 fully saturated rings. The van der Waals surface area contributed by atoms with E-state index >= 15 is 0 Å². The third kappa shape index (κ3) is 5.81. The third-order valence-electron chi connectivity index (χ3n) is 6.17. The summed E-state index contributed by atoms with van der Waals surface area (Å²) in [6, 6.07) is 29.1. The largest absolute Gasteiger partial charge is 0.497 e. The van der Waals surface area contributed by atoms with Crippen molar-refractivity contribution in [3.63, 3.8) is 0 Å². The van der Waals surface area contributed by atoms with Crippen LogP contribution in [0.4, 0.5) is 5.69 Å². The first-order valence-corrected chi connectivity index (χ1v) is 13.5. The van der Waals surface area contributed by atoms with Gasteiger partial charge in [0, 0.05) is 5.56 Å². The molecule has 0 aliphatic heterocycles. The van der Waals surface area contributed by atoms with E-state index in [1.165, 1.54) is 4.31 Å². The lowest BCUT2D eigenvalue weighted by molar-refractivity contribution is 0.0940. The first kappa shape index (κ1) is 26.8. The molecular weight excluding hydrogens is 500 g/mol. The quantitative estimate of drug-likeness (QED) is 0.289. The number of hydrogen-bond acceptors (Lipinski definition) is 5. The number of nitrogens with zero attached hydrogens (tertiary/aromatic N) is 1. The summed E-state index contributed by atoms with van der Waals surface area (Å²) in [5.41, 5.74) is 2.03. The number of benzene rings is 4. The van der Waals surface area contributed by atoms with Crippen molar-refractivity contribution >= 4 is 21.6 Å². The molecule has 0 bridgehead atoms. The molecule has 1 amide bonds. The van der Waals surface area contributed by atoms with Crippen LogP contribution in [0.2, 0.25) is 0 Å². The molecule has 1 atom stereocenters. The van der Waals surface area contributed by atoms with Gasteiger partial charge in [-0.2, -0.15) is 0 Å². The van der Waals surface area contributed by atoms with E-state index in [1.54, 1.807) is 87.0 Å². The summed E-state index contributed by atoms with van der Waals surface area (Å²) >= 11 is 0. The minimum absolute atomic E-state index is 0.0572. The first-order chi connectivity index (χ1) is 18.3. The molecule has 0 heterocycles. The number of carbonyl (C=O) groups is 1. The zero-order chi connectivity index (χ0) is 27.1. The molecule has 0 aliphatic carbocycles. The topological polar surface area (TPSA) is 84.9 Å². The lowest BCUT2D eigenvalue weighted by atomic mass is 10.1. The fraction of sp³-hybridized carbons (Fsp3) is 0.167. The molecule has 0 aliphatic rings. The fourth-order valence-electron chi connectivity index (χ4n) is 4.18. The number of nitrogens with one attached hydrogen (secondary N) is 1. The second kappa shape index (κ2) is 11.8. The fourth-order valence-corrected chi connectivity index (χ4v) is 5.67. The van der Waals surface area contributed by atoms with Crippen LogP contribution in [0.3, 0.4) is 0 Å². The summed E-state index contributed by atoms with van der Waals surface area (Å²) in [5, 5.41) is 2.99. The summed E-state index contributed by atoms with van der Waals surface area (Å²) in [6.07, 6.45) is 0. The molecule has 0 saturated carbocycles. The van der Waals surface area contributed by atoms with Crippen molar-refractivity contribution in [1.82, 2.24) is 5.32 Å². The van der Waals surface area contributed by atoms with Crippen molar-refractivity contribution in [2.24, 2.45) is 0 Å². The predicted molar refractivity (Wildman–Crippen MR) is 148 cm³/mol. The summed E-state index contributed by atoms with van der Waals surface area (Å²) in [4.78, 5) is 13.8. The molecule has 38 heavy (non-hydrogen) atoms. The van der Waals surface area contributed by atoms with E-state index in [1.807, 2.05) is 37.3 Å². The Kier molecular flexibility index (Phi) is 8.33. The lowest BCUT2D eigenvalue weighted by Crippen LogP contribution is -2.34. The van der Waals surface area contributed by atoms with E-state index < -0.39 is 22.0 Å². The van der Waals surface area contributed by atoms with Crippen LogP contribution in [-0.4, -0.2) is 28.5 Å². The van der Waals surface area contributed by atoms with Crippen LogP contribution in [0.5, 0.6) is 11.5 Å². The molecule has 0 radical (unpaired) electrons. The molecule has 0 spiro atoms. The molecular formula is C30H30N2O5S. The number of hydrogen-bond donors (Lipinski definition) is 1. The zero-order valence-corrected chi connectivity index (χ0v) is 22.3. The van der Waals surface area contributed by atoms with Crippen LogP contribution in [0.15, 0.2) is 108 Å². The van der Waals surface area contributed by atoms with Crippen LogP contribution >= 0.6 is 0 Å². The van der Waals surface area contributed by atoms with Gasteiger partial charge in [0.05, 0.1) is 43.0 Å². The van der Waals surface area contributed by atoms with Crippen molar-refractivity contribution in [3.05, 3.63) is 120 Å². The molecule has 4 aromatic rings. The van der Waals surface area contributed by atoms with Gasteiger partial charge in [0.15, 0.2) is 0 Å². The van der Waals surface area contributed by atoms with Crippen molar-refractivity contribution in [2.75, 3.05) is 18.5 Å². The van der Waals surface area contributed by atoms with Gasteiger partial charge in [-0.15, -0.1) is 0 Å². The number of sulfonamides is 1. The van der Waals surface area contributed by atoms with E-state index in [9.17, 15) is 13.2 Å². The van der Waals surface area contributed by atoms with Gasteiger partial charge in [0.25, 0.3) is 15.9 Å². The molecule has 7 nitrogen and oxygen atoms in total. The average Bonchev–Trinajstić information content (AvgIpc) is 2.96. The average molecular weight is 531 g/mol. The smallest absolute Gasteiger partial charge is 0.264 e. The maximum absolute atomic E-state index is 13.9. The standard InChI is InChI=1S/C30H30N2O5S/c1-22(27-20-24(36-2)18-19-29(27)37-3)31-30(33)26-16-10-11-17-28(26)32(21-23-12-6-4-7-13-23)38(34,35)25-14-8-5-9-15-25/h4-20,22H,21H2,1-3H3,(H,31,33). The number of para-hydroxylation sites is 1. The second-order valence-electron chi connectivity index (χ2n) is 8.63. The SMILES string of the molecule is COc1ccc(OC)c(C(C)NC(=O)c2ccccc2N(Cc2ccccc2)S(=O)(=O)c2ccccc2)c1. The van der Waals surface area contributed by atoms with Crippen molar-refractivity contribution in [1.29, 1.82) is 0 Å². The monoisotopic (exact) mass is 530 g/mol. The van der Waals surface area contributed by atoms with Crippen LogP contribution in [0.1, 0.15) is 34.5 Å². The molecule has 4 rings (SSSR count). The van der Waals surface area contributed by atoms with Crippen molar-refractivity contribution < 1.29 is 22.7 Å². The Balaban J connectivity index is 1.74. The molecule has 4 aromatic carbocycles. The molecule has 1 N–H and O–H groups in total. The van der Waals surface area contributed by atoms with Gasteiger partial charge < -0.3 is 14.8 Å². The van der Waals surface area contributed by atoms with E-state index in [0.29, 0.717) is 11.5 Å². The highest BCUT2D eigenvalue weighted by Crippen LogP contribution is 2.32. The van der Waals surface area contributed by atoms with Crippen LogP contribution in [-0.2, 0) is 16.6 Å². The van der Waals surface area contributed by atoms with E-state index in [-0.39, 0.29) is 22.7 Å². The minimum atomic E-state index is -3.99. The highest BCUT2D eigenvalue weighted by Gasteiger charge is 2.29. The Morgan fingerprint density at radius 2 is 1.47 bits per heavy atom. The highest BCUT2D eigenvalue weighted by molar-refractivity contribution is 7.92. The summed E-state index contributed by atoms with van der Waals surface area (Å²) in [7, 11) is -0.862. The Hall–Kier alpha value is -4.30. The number of anilines is 1. The minimum Gasteiger partial charge on any atom is -0.497 e. The van der Waals surface area contributed by atoms with Gasteiger partial charge >= 0.3 is 0 Å². The van der Waals surface area contributed by atoms with E-state index in [2.05, 4.69) is 5.32 Å². The Bertz CT molecular complexity index is 1490. The van der Waals surface area contributed by atoms with E-state index in [4.69, 9.17) is 9.47 Å². The normalized spacial score (nSPS) is 11.9. The van der Waals surface area contributed by atoms with Crippen LogP contribution in [0.25, 0.3) is 0 Å². The lowest BCUT2D eigenvalue weighted by Gasteiger charge is -2.27. The Morgan fingerprint density at radius 1 is 0.842 bits per heavy atom. The number of ether oxygens (including phenoxy) is 2. The van der Waals surface area contributed by atoms with Gasteiger partial charge in [0.2, 0.25) is 0 Å². The van der Waals surface area contributed by atoms with Gasteiger partial charge in [-0.25, -0.2) is 8.42 Å². The molecule has 8 heteroatoms. The van der Waals surface area contributed by atoms with Crippen molar-refractivity contribution in [2.45, 2.75) is 24.4 Å². The maximum atomic E-state index is 13.9. The van der Waals surface area contributed by atoms with Gasteiger partial charge in [0.1, 0.15) is 11.5 Å². The molecule has 196 valence electrons. The van der Waals surface area contributed by atoms with Crippen LogP contribution in [0, 0.1) is 0 Å². The van der Waals surface area contributed by atoms with Crippen molar-refractivity contribution in [3.8, 4) is 11.5 Å². The summed E-state index contributed by atoms with van der Waals surface area (Å²) < 4.78 is 39.8. The van der Waals surface area contributed by atoms with Gasteiger partial charge in [-0.05, 0) is 55.0 Å². The number of methoxy groups -OCH3 is 2. The van der Waals surface area contributed by atoms with Gasteiger partial charge in [-0.1, -0.05) is 60.7 Å². The first-order valence-electron chi connectivity index (χ1n) is 12.1. The number of carbonyl (C=O) groups excluding carboxylic acids is 1. The third-order valence-corrected chi connectivity index (χ3v) is 7.94. The van der Waals surface area contributed by atoms with Gasteiger partial charge in [-0.3, -0.25) is 9.10 Å². The zero-order valence-electron chi connectivity index (χ0n) is 21.5. The second-order valence-corrected chi connectivity index (χ2v) is 10.5. The Morgan fingerprint density at radius 3 is 2.13 bits per heavy atom. The highest BCUT2D eigenvalue weighted by atomic mass is 32.2. The molecule has 1 unspecified atom stereocenters. The Labute approximate surface area is 223 Å². The molecule has 0 aromatic heterocycles. The van der Waals surface area contributed by atoms with E-state index in [0.717, 1.165) is 11.1 Å². The number of amides is 1. The number of rotatable bonds is 10. The maximum Gasteiger partial charge on any atom is 0.264 e. The van der Waals surface area contributed by atoms with Crippen LogP contribution < -0.4 is 19.1 Å². The summed E-state index contributed by atoms with van der Waals surface area (Å²) in [6.45, 7) is 1.89. The predicted octanol–water partition coefficient (Wildman–Crippen LogP) is 5.59. The summed E-state index contributed by atoms with van der Waals surface area (Å²) in [5.74, 6) is 0.814. The molecule has 0 saturated heterocycles.